The van der Waals surface area contributed by atoms with E-state index in [4.69, 9.17) is 39.2 Å². The number of imidazole rings is 1. The summed E-state index contributed by atoms with van der Waals surface area (Å²) in [5, 5.41) is 21.4. The number of aromatic nitrogens is 4. The van der Waals surface area contributed by atoms with Crippen molar-refractivity contribution in [3.8, 4) is 0 Å². The summed E-state index contributed by atoms with van der Waals surface area (Å²) < 4.78 is 73.5. The summed E-state index contributed by atoms with van der Waals surface area (Å²) in [6, 6.07) is 0. The largest absolute Gasteiger partial charge is 0.481 e. The van der Waals surface area contributed by atoms with Crippen molar-refractivity contribution in [3.63, 3.8) is 0 Å². The van der Waals surface area contributed by atoms with Crippen LogP contribution >= 0.6 is 23.5 Å². The third-order valence-electron chi connectivity index (χ3n) is 7.78. The number of amides is 1. The highest BCUT2D eigenvalue weighted by Crippen LogP contribution is 2.61. The molecule has 6 heterocycles. The fraction of sp³-hybridized carbons (Fsp3) is 0.619. The Morgan fingerprint density at radius 3 is 2.25 bits per heavy atom. The molecule has 4 aliphatic rings. The van der Waals surface area contributed by atoms with Gasteiger partial charge in [0, 0.05) is 11.8 Å². The molecule has 4 aliphatic heterocycles. The summed E-state index contributed by atoms with van der Waals surface area (Å²) in [5.41, 5.74) is 11.5. The van der Waals surface area contributed by atoms with Gasteiger partial charge in [-0.2, -0.15) is 4.31 Å². The zero-order chi connectivity index (χ0) is 34.8. The first kappa shape index (κ1) is 35.4. The SMILES string of the molecule is NC(=O)C1=CN2[C@@H]3O[C@H](COP(=O)(O)OP(=O)(O)OC[C@H]4O[C@@H](n5cnc6c(N)ncnc65)[C@H](OP(=O)(O)O)[C@@H]4O)[C@@H](O)[C@H]3O[C@@H]2CC1. The molecule has 0 saturated carbocycles. The van der Waals surface area contributed by atoms with Gasteiger partial charge < -0.3 is 60.4 Å². The highest BCUT2D eigenvalue weighted by Gasteiger charge is 2.55. The van der Waals surface area contributed by atoms with Gasteiger partial charge >= 0.3 is 23.5 Å². The maximum atomic E-state index is 12.6. The maximum absolute atomic E-state index is 12.6. The zero-order valence-electron chi connectivity index (χ0n) is 24.2. The minimum Gasteiger partial charge on any atom is -0.387 e. The normalized spacial score (nSPS) is 34.4. The van der Waals surface area contributed by atoms with E-state index in [1.807, 2.05) is 0 Å². The van der Waals surface area contributed by atoms with Gasteiger partial charge in [-0.15, -0.1) is 0 Å². The molecule has 0 spiro atoms. The number of ether oxygens (including phenoxy) is 3. The summed E-state index contributed by atoms with van der Waals surface area (Å²) in [6.07, 6.45) is -7.55. The average Bonchev–Trinajstić information content (AvgIpc) is 3.73. The fourth-order valence-corrected chi connectivity index (χ4v) is 8.30. The lowest BCUT2D eigenvalue weighted by Crippen LogP contribution is -2.38. The molecule has 24 nitrogen and oxygen atoms in total. The van der Waals surface area contributed by atoms with Crippen LogP contribution in [0.4, 0.5) is 5.82 Å². The van der Waals surface area contributed by atoms with E-state index in [9.17, 15) is 48.3 Å². The standard InChI is InChI=1S/C21H30N7O17P3/c22-17-12-19(25-6-24-17)28(7-26-12)21-16(44-46(32,33)34)14(30)10(42-21)5-40-48(37,38)45-47(35,36)39-4-9-13(29)15-20(41-9)27-3-8(18(23)31)1-2-11(27)43-15/h3,6-7,9-11,13-16,20-21,29-30H,1-2,4-5H2,(H2,23,31)(H,35,36)(H,37,38)(H2,22,24,25)(H2,32,33,34)/t9-,10-,11-,13-,14-,15-,16-,20-,21-/m1/s1. The van der Waals surface area contributed by atoms with E-state index in [1.165, 1.54) is 6.20 Å². The van der Waals surface area contributed by atoms with Crippen LogP contribution in [0.15, 0.2) is 24.4 Å². The lowest BCUT2D eigenvalue weighted by atomic mass is 10.1. The number of aliphatic hydroxyl groups is 2. The van der Waals surface area contributed by atoms with E-state index in [1.54, 1.807) is 4.90 Å². The maximum Gasteiger partial charge on any atom is 0.481 e. The van der Waals surface area contributed by atoms with Crippen LogP contribution in [0.2, 0.25) is 0 Å². The van der Waals surface area contributed by atoms with E-state index >= 15 is 0 Å². The lowest BCUT2D eigenvalue weighted by molar-refractivity contribution is -0.116. The Morgan fingerprint density at radius 1 is 0.958 bits per heavy atom. The van der Waals surface area contributed by atoms with Crippen LogP contribution in [0.1, 0.15) is 19.1 Å². The highest BCUT2D eigenvalue weighted by molar-refractivity contribution is 7.61. The molecule has 3 saturated heterocycles. The third-order valence-corrected chi connectivity index (χ3v) is 10.9. The second kappa shape index (κ2) is 13.0. The van der Waals surface area contributed by atoms with Gasteiger partial charge in [0.25, 0.3) is 0 Å². The lowest BCUT2D eigenvalue weighted by Gasteiger charge is -2.31. The second-order valence-electron chi connectivity index (χ2n) is 10.9. The molecular formula is C21H30N7O17P3. The first-order valence-corrected chi connectivity index (χ1v) is 18.4. The van der Waals surface area contributed by atoms with Crippen molar-refractivity contribution in [2.45, 2.75) is 68.1 Å². The van der Waals surface area contributed by atoms with Gasteiger partial charge in [-0.1, -0.05) is 0 Å². The number of phosphoric ester groups is 3. The molecule has 48 heavy (non-hydrogen) atoms. The second-order valence-corrected chi connectivity index (χ2v) is 15.2. The van der Waals surface area contributed by atoms with Crippen molar-refractivity contribution in [1.29, 1.82) is 0 Å². The molecule has 27 heteroatoms. The number of carbonyl (C=O) groups excluding carboxylic acids is 1. The van der Waals surface area contributed by atoms with E-state index in [-0.39, 0.29) is 17.0 Å². The summed E-state index contributed by atoms with van der Waals surface area (Å²) >= 11 is 0. The zero-order valence-corrected chi connectivity index (χ0v) is 26.8. The highest BCUT2D eigenvalue weighted by atomic mass is 31.3. The molecule has 2 aromatic rings. The van der Waals surface area contributed by atoms with Crippen molar-refractivity contribution in [2.24, 2.45) is 5.73 Å². The third kappa shape index (κ3) is 7.21. The predicted molar refractivity (Wildman–Crippen MR) is 151 cm³/mol. The Bertz CT molecular complexity index is 1740. The molecule has 0 aromatic carbocycles. The molecule has 266 valence electrons. The van der Waals surface area contributed by atoms with Crippen LogP contribution in [-0.4, -0.2) is 122 Å². The molecule has 10 N–H and O–H groups in total. The number of hydrogen-bond donors (Lipinski definition) is 8. The number of nitrogens with zero attached hydrogens (tertiary/aromatic N) is 5. The van der Waals surface area contributed by atoms with Crippen molar-refractivity contribution < 1.29 is 80.4 Å². The molecule has 0 aliphatic carbocycles. The van der Waals surface area contributed by atoms with E-state index in [2.05, 4.69) is 19.3 Å². The minimum atomic E-state index is -5.48. The Labute approximate surface area is 268 Å². The number of aliphatic hydroxyl groups excluding tert-OH is 2. The van der Waals surface area contributed by atoms with Gasteiger partial charge in [0.2, 0.25) is 5.91 Å². The van der Waals surface area contributed by atoms with Crippen LogP contribution in [0, 0.1) is 0 Å². The van der Waals surface area contributed by atoms with Crippen molar-refractivity contribution in [3.05, 3.63) is 24.4 Å². The van der Waals surface area contributed by atoms with Crippen LogP contribution in [0.3, 0.4) is 0 Å². The van der Waals surface area contributed by atoms with Crippen LogP contribution < -0.4 is 11.5 Å². The van der Waals surface area contributed by atoms with Gasteiger partial charge in [0.05, 0.1) is 19.5 Å². The smallest absolute Gasteiger partial charge is 0.387 e. The number of hydrogen-bond acceptors (Lipinski definition) is 18. The van der Waals surface area contributed by atoms with E-state index in [0.717, 1.165) is 17.2 Å². The minimum absolute atomic E-state index is 0.0179. The quantitative estimate of drug-likeness (QED) is 0.106. The van der Waals surface area contributed by atoms with Gasteiger partial charge in [0.15, 0.2) is 23.9 Å². The molecule has 0 bridgehead atoms. The monoisotopic (exact) mass is 745 g/mol. The van der Waals surface area contributed by atoms with Crippen LogP contribution in [0.5, 0.6) is 0 Å². The molecular weight excluding hydrogens is 715 g/mol. The number of carbonyl (C=O) groups is 1. The molecule has 1 amide bonds. The topological polar surface area (TPSA) is 353 Å². The van der Waals surface area contributed by atoms with E-state index < -0.39 is 97.9 Å². The van der Waals surface area contributed by atoms with Crippen LogP contribution in [0.25, 0.3) is 11.2 Å². The van der Waals surface area contributed by atoms with Gasteiger partial charge in [-0.05, 0) is 12.8 Å². The first-order valence-electron chi connectivity index (χ1n) is 13.9. The number of nitrogens with two attached hydrogens (primary N) is 2. The summed E-state index contributed by atoms with van der Waals surface area (Å²) in [7, 11) is -16.1. The Morgan fingerprint density at radius 2 is 1.60 bits per heavy atom. The molecule has 0 radical (unpaired) electrons. The number of nitrogen functional groups attached to an aromatic ring is 1. The van der Waals surface area contributed by atoms with E-state index in [0.29, 0.717) is 18.4 Å². The van der Waals surface area contributed by atoms with Gasteiger partial charge in [0.1, 0.15) is 54.7 Å². The van der Waals surface area contributed by atoms with Crippen molar-refractivity contribution >= 4 is 46.4 Å². The Kier molecular flexibility index (Phi) is 9.58. The predicted octanol–water partition coefficient (Wildman–Crippen LogP) is -2.33. The Balaban J connectivity index is 1.06. The summed E-state index contributed by atoms with van der Waals surface area (Å²) in [4.78, 5) is 64.0. The molecule has 2 unspecified atom stereocenters. The summed E-state index contributed by atoms with van der Waals surface area (Å²) in [5.74, 6) is -0.685. The molecule has 11 atom stereocenters. The van der Waals surface area contributed by atoms with Crippen molar-refractivity contribution in [1.82, 2.24) is 24.4 Å². The number of phosphoric acid groups is 3. The Hall–Kier alpha value is -2.47. The van der Waals surface area contributed by atoms with Gasteiger partial charge in [-0.25, -0.2) is 28.6 Å². The van der Waals surface area contributed by atoms with Gasteiger partial charge in [-0.3, -0.25) is 22.9 Å². The molecule has 3 fully saturated rings. The first-order chi connectivity index (χ1) is 22.4. The summed E-state index contributed by atoms with van der Waals surface area (Å²) in [6.45, 7) is -1.87. The van der Waals surface area contributed by atoms with Crippen molar-refractivity contribution in [2.75, 3.05) is 18.9 Å². The number of primary amides is 1. The van der Waals surface area contributed by atoms with Crippen LogP contribution in [-0.2, 0) is 50.6 Å². The number of anilines is 1. The number of fused-ring (bicyclic) bond motifs is 4. The number of rotatable bonds is 12. The molecule has 2 aromatic heterocycles. The fourth-order valence-electron chi connectivity index (χ4n) is 5.66. The average molecular weight is 745 g/mol. The molecule has 6 rings (SSSR count).